The summed E-state index contributed by atoms with van der Waals surface area (Å²) < 4.78 is 0. The summed E-state index contributed by atoms with van der Waals surface area (Å²) in [6, 6.07) is -0.306. The van der Waals surface area contributed by atoms with Gasteiger partial charge in [-0.25, -0.2) is 0 Å². The molecule has 1 unspecified atom stereocenters. The summed E-state index contributed by atoms with van der Waals surface area (Å²) in [7, 11) is 1.64. The Bertz CT molecular complexity index is 389. The number of carbonyl (C=O) groups is 2. The van der Waals surface area contributed by atoms with Crippen molar-refractivity contribution in [3.63, 3.8) is 0 Å². The number of nitrogens with zero attached hydrogens (tertiary/aromatic N) is 1. The lowest BCUT2D eigenvalue weighted by molar-refractivity contribution is -0.152. The number of nitrogens with one attached hydrogen (secondary N) is 1. The van der Waals surface area contributed by atoms with Crippen molar-refractivity contribution >= 4 is 11.8 Å². The van der Waals surface area contributed by atoms with Gasteiger partial charge in [0.1, 0.15) is 6.04 Å². The second-order valence-corrected chi connectivity index (χ2v) is 6.79. The van der Waals surface area contributed by atoms with E-state index in [9.17, 15) is 9.59 Å². The minimum atomic E-state index is -0.434. The van der Waals surface area contributed by atoms with Crippen LogP contribution in [-0.4, -0.2) is 42.9 Å². The number of carbonyl (C=O) groups excluding carboxylic acids is 2. The molecule has 2 aliphatic rings. The van der Waals surface area contributed by atoms with Crippen LogP contribution in [-0.2, 0) is 9.59 Å². The fraction of sp³-hybridized carbons (Fsp3) is 0.875. The predicted molar refractivity (Wildman–Crippen MR) is 82.5 cm³/mol. The Hall–Kier alpha value is -1.10. The third-order valence-corrected chi connectivity index (χ3v) is 5.39. The summed E-state index contributed by atoms with van der Waals surface area (Å²) in [5.74, 6) is 0.748. The zero-order valence-corrected chi connectivity index (χ0v) is 13.4. The van der Waals surface area contributed by atoms with Crippen LogP contribution in [0.1, 0.15) is 51.9 Å². The van der Waals surface area contributed by atoms with E-state index in [1.165, 1.54) is 0 Å². The molecule has 0 spiro atoms. The molecule has 0 radical (unpaired) electrons. The first-order valence-electron chi connectivity index (χ1n) is 8.27. The second kappa shape index (κ2) is 6.77. The fourth-order valence-electron chi connectivity index (χ4n) is 3.74. The highest BCUT2D eigenvalue weighted by atomic mass is 16.2. The number of rotatable bonds is 3. The van der Waals surface area contributed by atoms with Crippen LogP contribution in [0.3, 0.4) is 0 Å². The number of nitrogens with two attached hydrogens (primary N) is 1. The Balaban J connectivity index is 2.17. The molecular formula is C16H29N3O2. The van der Waals surface area contributed by atoms with E-state index < -0.39 is 5.41 Å². The molecule has 0 aromatic carbocycles. The molecule has 0 bridgehead atoms. The lowest BCUT2D eigenvalue weighted by Crippen LogP contribution is -2.57. The maximum Gasteiger partial charge on any atom is 0.242 e. The third kappa shape index (κ3) is 3.23. The standard InChI is InChI=1S/C16H29N3O2/c1-12-6-8-16(11-17,9-7-12)15(21)19-10-4-3-5-13(19)14(20)18-2/h12-13H,3-11,17H2,1-2H3,(H,18,20). The Morgan fingerprint density at radius 2 is 1.90 bits per heavy atom. The van der Waals surface area contributed by atoms with Gasteiger partial charge in [-0.2, -0.15) is 0 Å². The average Bonchev–Trinajstić information content (AvgIpc) is 2.54. The minimum Gasteiger partial charge on any atom is -0.357 e. The molecule has 120 valence electrons. The van der Waals surface area contributed by atoms with Crippen molar-refractivity contribution in [1.82, 2.24) is 10.2 Å². The summed E-state index contributed by atoms with van der Waals surface area (Å²) in [6.07, 6.45) is 6.59. The Morgan fingerprint density at radius 1 is 1.24 bits per heavy atom. The van der Waals surface area contributed by atoms with E-state index in [1.807, 2.05) is 4.90 Å². The van der Waals surface area contributed by atoms with E-state index >= 15 is 0 Å². The van der Waals surface area contributed by atoms with E-state index in [4.69, 9.17) is 5.73 Å². The molecule has 21 heavy (non-hydrogen) atoms. The van der Waals surface area contributed by atoms with Gasteiger partial charge in [0.05, 0.1) is 5.41 Å². The minimum absolute atomic E-state index is 0.0422. The van der Waals surface area contributed by atoms with Crippen molar-refractivity contribution in [2.24, 2.45) is 17.1 Å². The van der Waals surface area contributed by atoms with Gasteiger partial charge in [0.2, 0.25) is 11.8 Å². The van der Waals surface area contributed by atoms with Gasteiger partial charge in [-0.15, -0.1) is 0 Å². The van der Waals surface area contributed by atoms with Crippen molar-refractivity contribution in [1.29, 1.82) is 0 Å². The molecule has 5 heteroatoms. The molecule has 1 aliphatic carbocycles. The number of likely N-dealkylation sites (tertiary alicyclic amines) is 1. The smallest absolute Gasteiger partial charge is 0.242 e. The molecule has 5 nitrogen and oxygen atoms in total. The van der Waals surface area contributed by atoms with Gasteiger partial charge in [-0.05, 0) is 50.9 Å². The Morgan fingerprint density at radius 3 is 2.48 bits per heavy atom. The Labute approximate surface area is 127 Å². The van der Waals surface area contributed by atoms with Gasteiger partial charge in [0.15, 0.2) is 0 Å². The number of likely N-dealkylation sites (N-methyl/N-ethyl adjacent to an activating group) is 1. The SMILES string of the molecule is CNC(=O)C1CCCCN1C(=O)C1(CN)CCC(C)CC1. The molecule has 2 rings (SSSR count). The van der Waals surface area contributed by atoms with Crippen molar-refractivity contribution in [2.45, 2.75) is 57.9 Å². The summed E-state index contributed by atoms with van der Waals surface area (Å²) >= 11 is 0. The van der Waals surface area contributed by atoms with Crippen LogP contribution in [0.25, 0.3) is 0 Å². The van der Waals surface area contributed by atoms with Gasteiger partial charge in [-0.1, -0.05) is 6.92 Å². The number of hydrogen-bond donors (Lipinski definition) is 2. The lowest BCUT2D eigenvalue weighted by atomic mass is 9.69. The average molecular weight is 295 g/mol. The van der Waals surface area contributed by atoms with Crippen LogP contribution in [0.2, 0.25) is 0 Å². The zero-order chi connectivity index (χ0) is 15.5. The van der Waals surface area contributed by atoms with Gasteiger partial charge in [-0.3, -0.25) is 9.59 Å². The molecule has 1 aliphatic heterocycles. The van der Waals surface area contributed by atoms with Crippen LogP contribution in [0.4, 0.5) is 0 Å². The van der Waals surface area contributed by atoms with Crippen LogP contribution >= 0.6 is 0 Å². The number of piperidine rings is 1. The Kier molecular flexibility index (Phi) is 5.25. The molecule has 1 saturated heterocycles. The van der Waals surface area contributed by atoms with Crippen LogP contribution in [0, 0.1) is 11.3 Å². The normalized spacial score (nSPS) is 33.6. The first-order valence-corrected chi connectivity index (χ1v) is 8.27. The van der Waals surface area contributed by atoms with Crippen LogP contribution < -0.4 is 11.1 Å². The van der Waals surface area contributed by atoms with E-state index in [0.717, 1.165) is 44.9 Å². The molecule has 1 heterocycles. The highest BCUT2D eigenvalue weighted by molar-refractivity contribution is 5.90. The molecule has 0 aromatic heterocycles. The third-order valence-electron chi connectivity index (χ3n) is 5.39. The first-order chi connectivity index (χ1) is 10.0. The molecule has 2 fully saturated rings. The van der Waals surface area contributed by atoms with E-state index in [2.05, 4.69) is 12.2 Å². The molecule has 2 amide bonds. The highest BCUT2D eigenvalue weighted by Gasteiger charge is 2.45. The maximum absolute atomic E-state index is 13.1. The van der Waals surface area contributed by atoms with Gasteiger partial charge >= 0.3 is 0 Å². The summed E-state index contributed by atoms with van der Waals surface area (Å²) in [6.45, 7) is 3.32. The largest absolute Gasteiger partial charge is 0.357 e. The predicted octanol–water partition coefficient (Wildman–Crippen LogP) is 1.27. The highest BCUT2D eigenvalue weighted by Crippen LogP contribution is 2.40. The van der Waals surface area contributed by atoms with Crippen molar-refractivity contribution in [2.75, 3.05) is 20.1 Å². The topological polar surface area (TPSA) is 75.4 Å². The second-order valence-electron chi connectivity index (χ2n) is 6.79. The molecule has 3 N–H and O–H groups in total. The van der Waals surface area contributed by atoms with Crippen LogP contribution in [0.5, 0.6) is 0 Å². The van der Waals surface area contributed by atoms with E-state index in [-0.39, 0.29) is 17.9 Å². The quantitative estimate of drug-likeness (QED) is 0.823. The van der Waals surface area contributed by atoms with Gasteiger partial charge in [0.25, 0.3) is 0 Å². The lowest BCUT2D eigenvalue weighted by Gasteiger charge is -2.44. The van der Waals surface area contributed by atoms with Gasteiger partial charge in [0, 0.05) is 20.1 Å². The zero-order valence-electron chi connectivity index (χ0n) is 13.4. The monoisotopic (exact) mass is 295 g/mol. The summed E-state index contributed by atoms with van der Waals surface area (Å²) in [5, 5.41) is 2.70. The van der Waals surface area contributed by atoms with Crippen LogP contribution in [0.15, 0.2) is 0 Å². The summed E-state index contributed by atoms with van der Waals surface area (Å²) in [4.78, 5) is 27.0. The number of amides is 2. The molecule has 1 atom stereocenters. The number of hydrogen-bond acceptors (Lipinski definition) is 3. The van der Waals surface area contributed by atoms with Crippen molar-refractivity contribution in [3.8, 4) is 0 Å². The maximum atomic E-state index is 13.1. The van der Waals surface area contributed by atoms with E-state index in [1.54, 1.807) is 7.05 Å². The molecular weight excluding hydrogens is 266 g/mol. The first kappa shape index (κ1) is 16.3. The molecule has 0 aromatic rings. The van der Waals surface area contributed by atoms with Crippen molar-refractivity contribution < 1.29 is 9.59 Å². The van der Waals surface area contributed by atoms with Gasteiger partial charge < -0.3 is 16.0 Å². The molecule has 1 saturated carbocycles. The van der Waals surface area contributed by atoms with E-state index in [0.29, 0.717) is 19.0 Å². The van der Waals surface area contributed by atoms with Crippen molar-refractivity contribution in [3.05, 3.63) is 0 Å². The summed E-state index contributed by atoms with van der Waals surface area (Å²) in [5.41, 5.74) is 5.56. The fourth-order valence-corrected chi connectivity index (χ4v) is 3.74.